The third-order valence-corrected chi connectivity index (χ3v) is 4.52. The second-order valence-electron chi connectivity index (χ2n) is 6.60. The van der Waals surface area contributed by atoms with Crippen LogP contribution in [0.1, 0.15) is 12.5 Å². The molecule has 0 radical (unpaired) electrons. The SMILES string of the molecule is CC(Cc1ccccc1)[NH2+]NCCn1cnc2c1c(=O)n(C)c(=O)n2C.[Cl-]. The topological polar surface area (TPSA) is 90.5 Å². The van der Waals surface area contributed by atoms with Crippen molar-refractivity contribution in [2.24, 2.45) is 14.1 Å². The molecular weight excluding hydrogens is 368 g/mol. The monoisotopic (exact) mass is 392 g/mol. The van der Waals surface area contributed by atoms with Crippen LogP contribution < -0.4 is 34.5 Å². The number of rotatable bonds is 7. The number of nitrogens with one attached hydrogen (secondary N) is 1. The summed E-state index contributed by atoms with van der Waals surface area (Å²) in [4.78, 5) is 28.6. The number of aryl methyl sites for hydroxylation is 1. The van der Waals surface area contributed by atoms with E-state index in [0.717, 1.165) is 11.0 Å². The molecule has 0 aliphatic carbocycles. The van der Waals surface area contributed by atoms with Gasteiger partial charge in [-0.15, -0.1) is 0 Å². The van der Waals surface area contributed by atoms with Crippen molar-refractivity contribution in [1.29, 1.82) is 0 Å². The lowest BCUT2D eigenvalue weighted by Crippen LogP contribution is -3.00. The van der Waals surface area contributed by atoms with Gasteiger partial charge in [0.15, 0.2) is 11.2 Å². The summed E-state index contributed by atoms with van der Waals surface area (Å²) in [6.45, 7) is 3.44. The third-order valence-electron chi connectivity index (χ3n) is 4.52. The van der Waals surface area contributed by atoms with E-state index in [-0.39, 0.29) is 23.7 Å². The van der Waals surface area contributed by atoms with Gasteiger partial charge in [0, 0.05) is 27.1 Å². The summed E-state index contributed by atoms with van der Waals surface area (Å²) in [5, 5.41) is 0. The van der Waals surface area contributed by atoms with Gasteiger partial charge in [-0.05, 0) is 12.5 Å². The molecule has 0 fully saturated rings. The second-order valence-corrected chi connectivity index (χ2v) is 6.60. The first-order valence-electron chi connectivity index (χ1n) is 8.70. The standard InChI is InChI=1S/C18H24N6O2.ClH/c1-13(11-14-7-5-4-6-8-14)21-20-9-10-24-12-19-16-15(24)17(25)23(3)18(26)22(16)2;/h4-8,12-13,20-21H,9-11H2,1-3H3;1H. The van der Waals surface area contributed by atoms with Crippen molar-refractivity contribution in [1.82, 2.24) is 24.1 Å². The Hall–Kier alpha value is -2.42. The number of halogens is 1. The van der Waals surface area contributed by atoms with E-state index in [4.69, 9.17) is 0 Å². The Bertz CT molecular complexity index is 1010. The molecule has 3 rings (SSSR count). The Balaban J connectivity index is 0.00000261. The average molecular weight is 393 g/mol. The van der Waals surface area contributed by atoms with Gasteiger partial charge in [0.2, 0.25) is 0 Å². The van der Waals surface area contributed by atoms with Crippen molar-refractivity contribution < 1.29 is 17.8 Å². The number of nitrogens with zero attached hydrogens (tertiary/aromatic N) is 4. The summed E-state index contributed by atoms with van der Waals surface area (Å²) >= 11 is 0. The van der Waals surface area contributed by atoms with E-state index in [9.17, 15) is 9.59 Å². The quantitative estimate of drug-likeness (QED) is 0.245. The van der Waals surface area contributed by atoms with E-state index < -0.39 is 0 Å². The summed E-state index contributed by atoms with van der Waals surface area (Å²) in [5.74, 6) is 0. The van der Waals surface area contributed by atoms with Gasteiger partial charge in [-0.2, -0.15) is 5.43 Å². The molecule has 2 heterocycles. The van der Waals surface area contributed by atoms with Crippen LogP contribution in [0.3, 0.4) is 0 Å². The van der Waals surface area contributed by atoms with Crippen molar-refractivity contribution in [3.05, 3.63) is 63.1 Å². The molecule has 0 aliphatic rings. The highest BCUT2D eigenvalue weighted by Crippen LogP contribution is 2.04. The minimum Gasteiger partial charge on any atom is -1.00 e. The van der Waals surface area contributed by atoms with Gasteiger partial charge in [-0.3, -0.25) is 19.4 Å². The van der Waals surface area contributed by atoms with Crippen LogP contribution in [0.15, 0.2) is 46.2 Å². The van der Waals surface area contributed by atoms with E-state index in [1.807, 2.05) is 18.2 Å². The zero-order valence-electron chi connectivity index (χ0n) is 15.7. The van der Waals surface area contributed by atoms with Crippen LogP contribution in [-0.4, -0.2) is 31.3 Å². The Labute approximate surface area is 163 Å². The third kappa shape index (κ3) is 4.47. The molecule has 3 N–H and O–H groups in total. The minimum atomic E-state index is -0.367. The van der Waals surface area contributed by atoms with Gasteiger partial charge in [0.05, 0.1) is 12.9 Å². The molecule has 0 amide bonds. The fourth-order valence-electron chi connectivity index (χ4n) is 3.08. The predicted octanol–water partition coefficient (Wildman–Crippen LogP) is -3.86. The molecular formula is C18H25ClN6O2. The van der Waals surface area contributed by atoms with E-state index in [2.05, 4.69) is 34.9 Å². The van der Waals surface area contributed by atoms with Gasteiger partial charge in [-0.25, -0.2) is 9.78 Å². The highest BCUT2D eigenvalue weighted by molar-refractivity contribution is 5.69. The largest absolute Gasteiger partial charge is 1.00 e. The van der Waals surface area contributed by atoms with Gasteiger partial charge in [-0.1, -0.05) is 30.3 Å². The van der Waals surface area contributed by atoms with E-state index >= 15 is 0 Å². The summed E-state index contributed by atoms with van der Waals surface area (Å²) in [6.07, 6.45) is 2.59. The lowest BCUT2D eigenvalue weighted by molar-refractivity contribution is -0.739. The molecule has 1 atom stereocenters. The Morgan fingerprint density at radius 3 is 2.56 bits per heavy atom. The summed E-state index contributed by atoms with van der Waals surface area (Å²) in [5.41, 5.74) is 6.89. The number of quaternary nitrogens is 1. The van der Waals surface area contributed by atoms with Crippen LogP contribution in [0.5, 0.6) is 0 Å². The highest BCUT2D eigenvalue weighted by atomic mass is 35.5. The number of benzene rings is 1. The number of imidazole rings is 1. The normalized spacial score (nSPS) is 12.1. The fourth-order valence-corrected chi connectivity index (χ4v) is 3.08. The molecule has 0 saturated heterocycles. The molecule has 0 aliphatic heterocycles. The van der Waals surface area contributed by atoms with E-state index in [1.54, 1.807) is 17.9 Å². The van der Waals surface area contributed by atoms with Crippen LogP contribution in [0.25, 0.3) is 11.2 Å². The minimum absolute atomic E-state index is 0. The van der Waals surface area contributed by atoms with Crippen molar-refractivity contribution in [2.45, 2.75) is 25.9 Å². The van der Waals surface area contributed by atoms with E-state index in [0.29, 0.717) is 30.3 Å². The maximum absolute atomic E-state index is 12.4. The Kier molecular flexibility index (Phi) is 6.95. The van der Waals surface area contributed by atoms with Crippen LogP contribution in [0.4, 0.5) is 0 Å². The zero-order chi connectivity index (χ0) is 18.7. The summed E-state index contributed by atoms with van der Waals surface area (Å²) in [6, 6.07) is 10.8. The van der Waals surface area contributed by atoms with Crippen LogP contribution >= 0.6 is 0 Å². The van der Waals surface area contributed by atoms with Gasteiger partial charge < -0.3 is 17.0 Å². The molecule has 146 valence electrons. The zero-order valence-corrected chi connectivity index (χ0v) is 16.5. The molecule has 27 heavy (non-hydrogen) atoms. The number of fused-ring (bicyclic) bond motifs is 1. The number of nitrogens with two attached hydrogens (primary N) is 1. The van der Waals surface area contributed by atoms with Crippen LogP contribution in [0, 0.1) is 0 Å². The first-order valence-corrected chi connectivity index (χ1v) is 8.70. The predicted molar refractivity (Wildman–Crippen MR) is 99.8 cm³/mol. The Morgan fingerprint density at radius 1 is 1.15 bits per heavy atom. The number of hydrogen-bond acceptors (Lipinski definition) is 4. The molecule has 1 aromatic carbocycles. The molecule has 9 heteroatoms. The van der Waals surface area contributed by atoms with Gasteiger partial charge in [0.1, 0.15) is 6.04 Å². The molecule has 1 unspecified atom stereocenters. The lowest BCUT2D eigenvalue weighted by atomic mass is 10.1. The van der Waals surface area contributed by atoms with Gasteiger partial charge in [0.25, 0.3) is 5.56 Å². The molecule has 0 bridgehead atoms. The lowest BCUT2D eigenvalue weighted by Gasteiger charge is -2.12. The molecule has 0 saturated carbocycles. The molecule has 0 spiro atoms. The summed E-state index contributed by atoms with van der Waals surface area (Å²) in [7, 11) is 3.11. The highest BCUT2D eigenvalue weighted by Gasteiger charge is 2.14. The smallest absolute Gasteiger partial charge is 0.332 e. The summed E-state index contributed by atoms with van der Waals surface area (Å²) < 4.78 is 4.30. The maximum atomic E-state index is 12.4. The van der Waals surface area contributed by atoms with Crippen LogP contribution in [-0.2, 0) is 27.1 Å². The van der Waals surface area contributed by atoms with Crippen molar-refractivity contribution in [3.63, 3.8) is 0 Å². The Morgan fingerprint density at radius 2 is 1.85 bits per heavy atom. The average Bonchev–Trinajstić information content (AvgIpc) is 3.06. The van der Waals surface area contributed by atoms with Gasteiger partial charge >= 0.3 is 5.69 Å². The second kappa shape index (κ2) is 8.98. The molecule has 2 aromatic heterocycles. The molecule has 8 nitrogen and oxygen atoms in total. The fraction of sp³-hybridized carbons (Fsp3) is 0.389. The maximum Gasteiger partial charge on any atom is 0.332 e. The first kappa shape index (κ1) is 20.9. The number of hydrogen-bond donors (Lipinski definition) is 2. The first-order chi connectivity index (χ1) is 12.5. The van der Waals surface area contributed by atoms with Crippen molar-refractivity contribution >= 4 is 11.2 Å². The van der Waals surface area contributed by atoms with Crippen LogP contribution in [0.2, 0.25) is 0 Å². The number of aromatic nitrogens is 4. The van der Waals surface area contributed by atoms with E-state index in [1.165, 1.54) is 17.2 Å². The van der Waals surface area contributed by atoms with Crippen molar-refractivity contribution in [3.8, 4) is 0 Å². The molecule has 3 aromatic rings. The van der Waals surface area contributed by atoms with Crippen molar-refractivity contribution in [2.75, 3.05) is 6.54 Å².